The fraction of sp³-hybridized carbons (Fsp3) is 0.357. The highest BCUT2D eigenvalue weighted by atomic mass is 32.2. The van der Waals surface area contributed by atoms with Crippen molar-refractivity contribution in [2.45, 2.75) is 60.9 Å². The van der Waals surface area contributed by atoms with Crippen molar-refractivity contribution in [1.82, 2.24) is 24.5 Å². The molecule has 2 saturated heterocycles. The van der Waals surface area contributed by atoms with Crippen LogP contribution in [0.15, 0.2) is 59.8 Å². The van der Waals surface area contributed by atoms with Gasteiger partial charge in [-0.2, -0.15) is 22.8 Å². The first-order valence-electron chi connectivity index (χ1n) is 13.3. The van der Waals surface area contributed by atoms with Gasteiger partial charge in [-0.15, -0.1) is 0 Å². The minimum absolute atomic E-state index is 0.129. The van der Waals surface area contributed by atoms with Crippen molar-refractivity contribution >= 4 is 27.2 Å². The van der Waals surface area contributed by atoms with Crippen LogP contribution in [-0.4, -0.2) is 74.5 Å². The highest BCUT2D eigenvalue weighted by Crippen LogP contribution is 2.46. The van der Waals surface area contributed by atoms with Gasteiger partial charge in [0, 0.05) is 47.1 Å². The summed E-state index contributed by atoms with van der Waals surface area (Å²) in [6.45, 7) is 0. The number of sulfone groups is 1. The number of aliphatic hydroxyl groups excluding tert-OH is 1. The topological polar surface area (TPSA) is 144 Å². The van der Waals surface area contributed by atoms with Gasteiger partial charge in [0.15, 0.2) is 15.5 Å². The number of alkyl halides is 3. The molecule has 0 spiro atoms. The number of rotatable bonds is 5. The molecule has 2 aliphatic heterocycles. The molecule has 0 saturated carbocycles. The average molecular weight is 601 g/mol. The summed E-state index contributed by atoms with van der Waals surface area (Å²) in [6.07, 6.45) is -2.77. The first-order valence-corrected chi connectivity index (χ1v) is 15.2. The number of aliphatic hydroxyl groups is 1. The minimum Gasteiger partial charge on any atom is -0.382 e. The van der Waals surface area contributed by atoms with E-state index in [1.54, 1.807) is 6.20 Å². The molecule has 1 aromatic carbocycles. The molecule has 2 unspecified atom stereocenters. The van der Waals surface area contributed by atoms with Gasteiger partial charge in [0.2, 0.25) is 6.10 Å². The van der Waals surface area contributed by atoms with Gasteiger partial charge in [0.1, 0.15) is 10.7 Å². The van der Waals surface area contributed by atoms with Crippen LogP contribution in [0, 0.1) is 0 Å². The van der Waals surface area contributed by atoms with Crippen molar-refractivity contribution in [2.24, 2.45) is 0 Å². The Morgan fingerprint density at radius 1 is 1.05 bits per heavy atom. The number of piperidine rings is 1. The molecule has 14 heteroatoms. The number of nitrogens with two attached hydrogens (primary N) is 1. The number of fused-ring (bicyclic) bond motifs is 3. The Hall–Kier alpha value is -4.04. The van der Waals surface area contributed by atoms with Gasteiger partial charge >= 0.3 is 6.18 Å². The van der Waals surface area contributed by atoms with E-state index >= 15 is 0 Å². The van der Waals surface area contributed by atoms with Crippen LogP contribution in [0.3, 0.4) is 0 Å². The summed E-state index contributed by atoms with van der Waals surface area (Å²) < 4.78 is 66.5. The molecule has 10 nitrogen and oxygen atoms in total. The number of benzene rings is 1. The van der Waals surface area contributed by atoms with Crippen molar-refractivity contribution < 1.29 is 31.5 Å². The monoisotopic (exact) mass is 600 g/mol. The zero-order valence-electron chi connectivity index (χ0n) is 22.4. The predicted molar refractivity (Wildman–Crippen MR) is 147 cm³/mol. The lowest BCUT2D eigenvalue weighted by Crippen LogP contribution is -2.53. The molecule has 3 aromatic heterocycles. The molecule has 4 aromatic rings. The maximum Gasteiger partial charge on any atom is 0.423 e. The molecule has 5 heterocycles. The van der Waals surface area contributed by atoms with Crippen molar-refractivity contribution in [2.75, 3.05) is 12.0 Å². The molecule has 42 heavy (non-hydrogen) atoms. The van der Waals surface area contributed by atoms with E-state index in [9.17, 15) is 31.5 Å². The molecule has 2 bridgehead atoms. The van der Waals surface area contributed by atoms with Gasteiger partial charge in [-0.3, -0.25) is 9.78 Å². The molecule has 220 valence electrons. The number of carbonyl (C=O) groups excluding carboxylic acids is 1. The summed E-state index contributed by atoms with van der Waals surface area (Å²) in [5.41, 5.74) is 9.84. The second-order valence-corrected chi connectivity index (χ2v) is 12.8. The molecule has 1 amide bonds. The summed E-state index contributed by atoms with van der Waals surface area (Å²) >= 11 is 0. The summed E-state index contributed by atoms with van der Waals surface area (Å²) in [6, 6.07) is 12.1. The Balaban J connectivity index is 1.39. The van der Waals surface area contributed by atoms with Crippen LogP contribution < -0.4 is 5.73 Å². The summed E-state index contributed by atoms with van der Waals surface area (Å²) in [7, 11) is -3.90. The van der Waals surface area contributed by atoms with Gasteiger partial charge in [0.05, 0.1) is 17.6 Å². The third-order valence-corrected chi connectivity index (χ3v) is 9.26. The van der Waals surface area contributed by atoms with Gasteiger partial charge in [-0.05, 0) is 31.7 Å². The molecule has 2 fully saturated rings. The fourth-order valence-electron chi connectivity index (χ4n) is 6.25. The van der Waals surface area contributed by atoms with Crippen LogP contribution in [0.25, 0.3) is 28.0 Å². The Kier molecular flexibility index (Phi) is 6.72. The zero-order valence-corrected chi connectivity index (χ0v) is 23.2. The molecule has 2 aliphatic rings. The maximum absolute atomic E-state index is 13.1. The smallest absolute Gasteiger partial charge is 0.382 e. The molecular weight excluding hydrogens is 573 g/mol. The van der Waals surface area contributed by atoms with Crippen molar-refractivity contribution in [3.8, 4) is 22.4 Å². The number of halogens is 3. The lowest BCUT2D eigenvalue weighted by molar-refractivity contribution is -0.212. The lowest BCUT2D eigenvalue weighted by atomic mass is 9.87. The van der Waals surface area contributed by atoms with Gasteiger partial charge < -0.3 is 15.7 Å². The molecule has 0 aliphatic carbocycles. The van der Waals surface area contributed by atoms with Gasteiger partial charge in [-0.1, -0.05) is 36.4 Å². The molecule has 6 rings (SSSR count). The standard InChI is InChI=1S/C28H27F3N6O4S/c1-42(40,41)23-22(17-11-18-8-9-19(12-17)36(18)27(39)24(38)28(29,30)31)35-26-20(14-34-37(26)25(23)32)16-7-10-21(33-13-16)15-5-3-2-4-6-15/h2-7,10,13-14,17-19,24,38H,8-9,11-12,32H2,1H3/t17?,18-,19+,24?. The first kappa shape index (κ1) is 28.1. The normalized spacial score (nSPS) is 21.5. The van der Waals surface area contributed by atoms with Crippen LogP contribution in [0.1, 0.15) is 37.3 Å². The number of hydrogen-bond acceptors (Lipinski definition) is 8. The van der Waals surface area contributed by atoms with Gasteiger partial charge in [-0.25, -0.2) is 13.4 Å². The van der Waals surface area contributed by atoms with Crippen molar-refractivity contribution in [3.05, 3.63) is 60.6 Å². The van der Waals surface area contributed by atoms with Crippen LogP contribution in [-0.2, 0) is 14.6 Å². The Bertz CT molecular complexity index is 1760. The van der Waals surface area contributed by atoms with E-state index in [1.807, 2.05) is 42.5 Å². The van der Waals surface area contributed by atoms with E-state index < -0.39 is 46.0 Å². The third-order valence-electron chi connectivity index (χ3n) is 8.10. The number of nitrogens with zero attached hydrogens (tertiary/aromatic N) is 5. The van der Waals surface area contributed by atoms with Crippen LogP contribution in [0.2, 0.25) is 0 Å². The molecule has 4 atom stereocenters. The van der Waals surface area contributed by atoms with Crippen molar-refractivity contribution in [1.29, 1.82) is 0 Å². The van der Waals surface area contributed by atoms with E-state index in [1.165, 1.54) is 10.7 Å². The molecular formula is C28H27F3N6O4S. The highest BCUT2D eigenvalue weighted by molar-refractivity contribution is 7.91. The maximum atomic E-state index is 13.1. The Morgan fingerprint density at radius 3 is 2.29 bits per heavy atom. The highest BCUT2D eigenvalue weighted by Gasteiger charge is 2.52. The van der Waals surface area contributed by atoms with Gasteiger partial charge in [0.25, 0.3) is 5.91 Å². The SMILES string of the molecule is CS(=O)(=O)c1c(C2C[C@H]3CC[C@@H](C2)N3C(=O)C(O)C(F)(F)F)nc2c(-c3ccc(-c4ccccc4)nc3)cnn2c1N. The summed E-state index contributed by atoms with van der Waals surface area (Å²) in [4.78, 5) is 22.8. The number of amides is 1. The Morgan fingerprint density at radius 2 is 1.71 bits per heavy atom. The largest absolute Gasteiger partial charge is 0.423 e. The van der Waals surface area contributed by atoms with Crippen LogP contribution in [0.4, 0.5) is 19.0 Å². The first-order chi connectivity index (χ1) is 19.8. The van der Waals surface area contributed by atoms with Crippen LogP contribution >= 0.6 is 0 Å². The van der Waals surface area contributed by atoms with Crippen LogP contribution in [0.5, 0.6) is 0 Å². The van der Waals surface area contributed by atoms with E-state index in [4.69, 9.17) is 10.7 Å². The zero-order chi connectivity index (χ0) is 30.0. The predicted octanol–water partition coefficient (Wildman–Crippen LogP) is 3.60. The number of carbonyl (C=O) groups is 1. The summed E-state index contributed by atoms with van der Waals surface area (Å²) in [5, 5.41) is 13.9. The van der Waals surface area contributed by atoms with E-state index in [-0.39, 0.29) is 29.2 Å². The number of hydrogen-bond donors (Lipinski definition) is 2. The van der Waals surface area contributed by atoms with E-state index in [0.29, 0.717) is 29.6 Å². The number of nitrogen functional groups attached to an aromatic ring is 1. The lowest BCUT2D eigenvalue weighted by Gasteiger charge is -2.40. The number of aromatic nitrogens is 4. The number of anilines is 1. The third kappa shape index (κ3) is 4.77. The fourth-order valence-corrected chi connectivity index (χ4v) is 7.31. The average Bonchev–Trinajstić information content (AvgIpc) is 3.49. The van der Waals surface area contributed by atoms with E-state index in [2.05, 4.69) is 10.1 Å². The minimum atomic E-state index is -5.08. The second kappa shape index (κ2) is 10.1. The molecule has 3 N–H and O–H groups in total. The molecule has 0 radical (unpaired) electrons. The number of pyridine rings is 1. The van der Waals surface area contributed by atoms with E-state index in [0.717, 1.165) is 22.4 Å². The van der Waals surface area contributed by atoms with Crippen molar-refractivity contribution in [3.63, 3.8) is 0 Å². The Labute approximate surface area is 238 Å². The quantitative estimate of drug-likeness (QED) is 0.354. The second-order valence-electron chi connectivity index (χ2n) is 10.8. The summed E-state index contributed by atoms with van der Waals surface area (Å²) in [5.74, 6) is -2.02.